The lowest BCUT2D eigenvalue weighted by atomic mass is 9.97. The molecular weight excluding hydrogens is 410 g/mol. The van der Waals surface area contributed by atoms with Crippen LogP contribution in [0.5, 0.6) is 17.2 Å². The average molecular weight is 442 g/mol. The highest BCUT2D eigenvalue weighted by molar-refractivity contribution is 5.94. The molecule has 0 aliphatic carbocycles. The van der Waals surface area contributed by atoms with E-state index >= 15 is 0 Å². The summed E-state index contributed by atoms with van der Waals surface area (Å²) in [5.74, 6) is 2.58. The second-order valence-electron chi connectivity index (χ2n) is 8.06. The van der Waals surface area contributed by atoms with E-state index in [1.807, 2.05) is 61.5 Å². The minimum absolute atomic E-state index is 0.470. The number of hydrogen-bond donors (Lipinski definition) is 0. The van der Waals surface area contributed by atoms with Gasteiger partial charge in [0.1, 0.15) is 30.5 Å². The van der Waals surface area contributed by atoms with Crippen LogP contribution in [0.15, 0.2) is 72.8 Å². The van der Waals surface area contributed by atoms with Crippen LogP contribution in [0.25, 0.3) is 22.0 Å². The highest BCUT2D eigenvalue weighted by atomic mass is 16.5. The molecule has 1 heterocycles. The van der Waals surface area contributed by atoms with E-state index < -0.39 is 0 Å². The first-order valence-corrected chi connectivity index (χ1v) is 11.6. The third-order valence-corrected chi connectivity index (χ3v) is 5.72. The Morgan fingerprint density at radius 2 is 1.55 bits per heavy atom. The van der Waals surface area contributed by atoms with E-state index in [1.165, 1.54) is 5.56 Å². The molecule has 0 unspecified atom stereocenters. The van der Waals surface area contributed by atoms with Gasteiger partial charge in [0.25, 0.3) is 0 Å². The Balaban J connectivity index is 1.67. The maximum absolute atomic E-state index is 6.19. The molecule has 4 rings (SSSR count). The molecule has 4 nitrogen and oxygen atoms in total. The fourth-order valence-electron chi connectivity index (χ4n) is 4.11. The lowest BCUT2D eigenvalue weighted by Gasteiger charge is -2.18. The highest BCUT2D eigenvalue weighted by Gasteiger charge is 2.18. The lowest BCUT2D eigenvalue weighted by molar-refractivity contribution is 0.216. The minimum atomic E-state index is 0.470. The summed E-state index contributed by atoms with van der Waals surface area (Å²) >= 11 is 0. The van der Waals surface area contributed by atoms with E-state index in [0.717, 1.165) is 64.2 Å². The number of nitrogens with zero attached hydrogens (tertiary/aromatic N) is 1. The van der Waals surface area contributed by atoms with Gasteiger partial charge in [0.05, 0.1) is 12.6 Å². The van der Waals surface area contributed by atoms with E-state index in [0.29, 0.717) is 13.2 Å². The molecule has 0 N–H and O–H groups in total. The van der Waals surface area contributed by atoms with Crippen molar-refractivity contribution in [2.75, 3.05) is 20.3 Å². The van der Waals surface area contributed by atoms with Gasteiger partial charge >= 0.3 is 0 Å². The number of ether oxygens (including phenoxy) is 3. The summed E-state index contributed by atoms with van der Waals surface area (Å²) in [6, 6.07) is 24.3. The van der Waals surface area contributed by atoms with Crippen LogP contribution >= 0.6 is 0 Å². The van der Waals surface area contributed by atoms with E-state index in [9.17, 15) is 0 Å². The van der Waals surface area contributed by atoms with Crippen molar-refractivity contribution in [3.05, 3.63) is 84.1 Å². The van der Waals surface area contributed by atoms with Crippen molar-refractivity contribution in [2.24, 2.45) is 0 Å². The molecule has 170 valence electrons. The number of para-hydroxylation sites is 1. The first-order chi connectivity index (χ1) is 16.2. The van der Waals surface area contributed by atoms with Crippen LogP contribution in [0, 0.1) is 6.92 Å². The second-order valence-corrected chi connectivity index (χ2v) is 8.06. The summed E-state index contributed by atoms with van der Waals surface area (Å²) < 4.78 is 17.9. The summed E-state index contributed by atoms with van der Waals surface area (Å²) in [5, 5.41) is 1.01. The molecule has 0 aliphatic rings. The average Bonchev–Trinajstić information content (AvgIpc) is 2.85. The van der Waals surface area contributed by atoms with Gasteiger partial charge in [0.15, 0.2) is 0 Å². The largest absolute Gasteiger partial charge is 0.495 e. The van der Waals surface area contributed by atoms with E-state index in [2.05, 4.69) is 25.1 Å². The standard InChI is InChI=1S/C29H31NO3/c1-4-5-12-23-19-25-26(20-27(23)33-18-17-32-24-15-10-7-11-16-24)30-21(2)28(29(25)31-3)22-13-8-6-9-14-22/h6-11,13-16,19-20H,4-5,12,17-18H2,1-3H3. The first-order valence-electron chi connectivity index (χ1n) is 11.6. The number of hydrogen-bond acceptors (Lipinski definition) is 4. The molecule has 0 amide bonds. The Hall–Kier alpha value is -3.53. The monoisotopic (exact) mass is 441 g/mol. The van der Waals surface area contributed by atoms with Gasteiger partial charge in [-0.2, -0.15) is 0 Å². The Morgan fingerprint density at radius 1 is 0.848 bits per heavy atom. The maximum atomic E-state index is 6.19. The molecule has 4 aromatic rings. The van der Waals surface area contributed by atoms with Crippen molar-refractivity contribution in [3.63, 3.8) is 0 Å². The fourth-order valence-corrected chi connectivity index (χ4v) is 4.11. The molecule has 0 atom stereocenters. The number of methoxy groups -OCH3 is 1. The topological polar surface area (TPSA) is 40.6 Å². The van der Waals surface area contributed by atoms with Crippen LogP contribution in [0.4, 0.5) is 0 Å². The van der Waals surface area contributed by atoms with Crippen molar-refractivity contribution in [2.45, 2.75) is 33.1 Å². The van der Waals surface area contributed by atoms with E-state index in [1.54, 1.807) is 7.11 Å². The van der Waals surface area contributed by atoms with E-state index in [-0.39, 0.29) is 0 Å². The molecule has 4 heteroatoms. The molecule has 33 heavy (non-hydrogen) atoms. The van der Waals surface area contributed by atoms with Gasteiger partial charge in [-0.1, -0.05) is 61.9 Å². The normalized spacial score (nSPS) is 10.9. The lowest BCUT2D eigenvalue weighted by Crippen LogP contribution is -2.10. The number of unbranched alkanes of at least 4 members (excludes halogenated alkanes) is 1. The summed E-state index contributed by atoms with van der Waals surface area (Å²) in [4.78, 5) is 4.93. The molecule has 0 saturated heterocycles. The third-order valence-electron chi connectivity index (χ3n) is 5.72. The van der Waals surface area contributed by atoms with Crippen molar-refractivity contribution in [1.82, 2.24) is 4.98 Å². The van der Waals surface area contributed by atoms with Gasteiger partial charge in [0.2, 0.25) is 0 Å². The molecule has 0 bridgehead atoms. The molecule has 0 radical (unpaired) electrons. The number of pyridine rings is 1. The Labute approximate surface area is 196 Å². The minimum Gasteiger partial charge on any atom is -0.495 e. The van der Waals surface area contributed by atoms with Crippen molar-refractivity contribution in [1.29, 1.82) is 0 Å². The summed E-state index contributed by atoms with van der Waals surface area (Å²) in [6.07, 6.45) is 3.15. The van der Waals surface area contributed by atoms with Crippen LogP contribution < -0.4 is 14.2 Å². The Bertz CT molecular complexity index is 1190. The summed E-state index contributed by atoms with van der Waals surface area (Å²) in [7, 11) is 1.73. The van der Waals surface area contributed by atoms with Gasteiger partial charge in [0, 0.05) is 22.7 Å². The summed E-state index contributed by atoms with van der Waals surface area (Å²) in [5.41, 5.74) is 5.13. The SMILES string of the molecule is CCCCc1cc2c(OC)c(-c3ccccc3)c(C)nc2cc1OCCOc1ccccc1. The number of benzene rings is 3. The van der Waals surface area contributed by atoms with Gasteiger partial charge in [-0.3, -0.25) is 4.98 Å². The Morgan fingerprint density at radius 3 is 2.24 bits per heavy atom. The van der Waals surface area contributed by atoms with Crippen LogP contribution in [-0.4, -0.2) is 25.3 Å². The van der Waals surface area contributed by atoms with Crippen molar-refractivity contribution >= 4 is 10.9 Å². The molecular formula is C29H31NO3. The summed E-state index contributed by atoms with van der Waals surface area (Å²) in [6.45, 7) is 5.19. The Kier molecular flexibility index (Phi) is 7.46. The smallest absolute Gasteiger partial charge is 0.137 e. The molecule has 1 aromatic heterocycles. The van der Waals surface area contributed by atoms with Crippen LogP contribution in [0.2, 0.25) is 0 Å². The zero-order valence-electron chi connectivity index (χ0n) is 19.6. The maximum Gasteiger partial charge on any atom is 0.137 e. The predicted octanol–water partition coefficient (Wildman–Crippen LogP) is 7.02. The van der Waals surface area contributed by atoms with Gasteiger partial charge in [-0.15, -0.1) is 0 Å². The second kappa shape index (κ2) is 10.9. The fraction of sp³-hybridized carbons (Fsp3) is 0.276. The predicted molar refractivity (Wildman–Crippen MR) is 135 cm³/mol. The molecule has 0 fully saturated rings. The first kappa shape index (κ1) is 22.7. The zero-order chi connectivity index (χ0) is 23.0. The molecule has 0 spiro atoms. The number of fused-ring (bicyclic) bond motifs is 1. The van der Waals surface area contributed by atoms with Crippen molar-refractivity contribution < 1.29 is 14.2 Å². The van der Waals surface area contributed by atoms with E-state index in [4.69, 9.17) is 19.2 Å². The van der Waals surface area contributed by atoms with Crippen LogP contribution in [0.1, 0.15) is 31.0 Å². The highest BCUT2D eigenvalue weighted by Crippen LogP contribution is 2.40. The van der Waals surface area contributed by atoms with Crippen LogP contribution in [-0.2, 0) is 6.42 Å². The number of rotatable bonds is 10. The molecule has 3 aromatic carbocycles. The van der Waals surface area contributed by atoms with Crippen LogP contribution in [0.3, 0.4) is 0 Å². The third kappa shape index (κ3) is 5.28. The molecule has 0 saturated carbocycles. The van der Waals surface area contributed by atoms with Gasteiger partial charge in [-0.05, 0) is 49.1 Å². The number of aromatic nitrogens is 1. The van der Waals surface area contributed by atoms with Crippen molar-refractivity contribution in [3.8, 4) is 28.4 Å². The quantitative estimate of drug-likeness (QED) is 0.248. The van der Waals surface area contributed by atoms with Gasteiger partial charge in [-0.25, -0.2) is 0 Å². The van der Waals surface area contributed by atoms with Gasteiger partial charge < -0.3 is 14.2 Å². The zero-order valence-corrected chi connectivity index (χ0v) is 19.6. The number of aryl methyl sites for hydroxylation is 2. The molecule has 0 aliphatic heterocycles.